The smallest absolute Gasteiger partial charge is 0.127 e. The highest BCUT2D eigenvalue weighted by molar-refractivity contribution is 5.17. The van der Waals surface area contributed by atoms with E-state index < -0.39 is 0 Å². The van der Waals surface area contributed by atoms with Crippen molar-refractivity contribution in [2.75, 3.05) is 13.1 Å². The predicted molar refractivity (Wildman–Crippen MR) is 82.1 cm³/mol. The lowest BCUT2D eigenvalue weighted by molar-refractivity contribution is 0.0822. The van der Waals surface area contributed by atoms with E-state index in [1.165, 1.54) is 0 Å². The van der Waals surface area contributed by atoms with Crippen molar-refractivity contribution < 1.29 is 4.39 Å². The number of piperazine rings is 1. The van der Waals surface area contributed by atoms with Crippen molar-refractivity contribution >= 4 is 0 Å². The van der Waals surface area contributed by atoms with Gasteiger partial charge in [-0.1, -0.05) is 45.4 Å². The Morgan fingerprint density at radius 1 is 1.35 bits per heavy atom. The molecular formula is C17H27FN2. The largest absolute Gasteiger partial charge is 0.311 e. The van der Waals surface area contributed by atoms with E-state index in [1.807, 2.05) is 12.1 Å². The van der Waals surface area contributed by atoms with Gasteiger partial charge in [-0.25, -0.2) is 4.39 Å². The van der Waals surface area contributed by atoms with Crippen LogP contribution in [0.1, 0.15) is 39.2 Å². The summed E-state index contributed by atoms with van der Waals surface area (Å²) in [4.78, 5) is 2.47. The maximum absolute atomic E-state index is 13.9. The SMILES string of the molecule is CCC1CN(Cc2ccccc2F)C(C(C)CC)CN1. The van der Waals surface area contributed by atoms with E-state index in [2.05, 4.69) is 31.0 Å². The third-order valence-corrected chi connectivity index (χ3v) is 4.66. The lowest BCUT2D eigenvalue weighted by Crippen LogP contribution is -2.57. The topological polar surface area (TPSA) is 15.3 Å². The van der Waals surface area contributed by atoms with Gasteiger partial charge in [0.2, 0.25) is 0 Å². The third kappa shape index (κ3) is 3.58. The standard InChI is InChI=1S/C17H27FN2/c1-4-13(3)17-10-19-15(5-2)12-20(17)11-14-8-6-7-9-16(14)18/h6-9,13,15,17,19H,4-5,10-12H2,1-3H3. The molecule has 0 bridgehead atoms. The Morgan fingerprint density at radius 3 is 2.75 bits per heavy atom. The fourth-order valence-electron chi connectivity index (χ4n) is 3.03. The first-order chi connectivity index (χ1) is 9.65. The number of nitrogens with one attached hydrogen (secondary N) is 1. The number of benzene rings is 1. The molecule has 0 amide bonds. The maximum atomic E-state index is 13.9. The third-order valence-electron chi connectivity index (χ3n) is 4.66. The van der Waals surface area contributed by atoms with Crippen LogP contribution in [0.4, 0.5) is 4.39 Å². The minimum atomic E-state index is -0.0815. The van der Waals surface area contributed by atoms with Crippen LogP contribution in [0.2, 0.25) is 0 Å². The van der Waals surface area contributed by atoms with Crippen LogP contribution in [-0.2, 0) is 6.54 Å². The molecule has 0 aliphatic carbocycles. The minimum Gasteiger partial charge on any atom is -0.311 e. The molecule has 0 radical (unpaired) electrons. The van der Waals surface area contributed by atoms with Gasteiger partial charge >= 0.3 is 0 Å². The summed E-state index contributed by atoms with van der Waals surface area (Å²) in [6, 6.07) is 8.19. The molecule has 1 saturated heterocycles. The van der Waals surface area contributed by atoms with Crippen molar-refractivity contribution in [1.82, 2.24) is 10.2 Å². The van der Waals surface area contributed by atoms with E-state index in [-0.39, 0.29) is 5.82 Å². The highest BCUT2D eigenvalue weighted by atomic mass is 19.1. The normalized spacial score (nSPS) is 25.6. The van der Waals surface area contributed by atoms with Gasteiger partial charge in [0.05, 0.1) is 0 Å². The zero-order chi connectivity index (χ0) is 14.5. The summed E-state index contributed by atoms with van der Waals surface area (Å²) in [6.07, 6.45) is 2.29. The first-order valence-corrected chi connectivity index (χ1v) is 7.86. The molecule has 1 N–H and O–H groups in total. The molecule has 1 aliphatic heterocycles. The lowest BCUT2D eigenvalue weighted by Gasteiger charge is -2.43. The van der Waals surface area contributed by atoms with Crippen molar-refractivity contribution in [2.24, 2.45) is 5.92 Å². The molecule has 2 nitrogen and oxygen atoms in total. The predicted octanol–water partition coefficient (Wildman–Crippen LogP) is 3.42. The molecule has 3 heteroatoms. The van der Waals surface area contributed by atoms with E-state index in [0.717, 1.165) is 38.0 Å². The molecule has 1 aromatic carbocycles. The lowest BCUT2D eigenvalue weighted by atomic mass is 9.93. The second-order valence-corrected chi connectivity index (χ2v) is 5.99. The fourth-order valence-corrected chi connectivity index (χ4v) is 3.03. The highest BCUT2D eigenvalue weighted by Gasteiger charge is 2.30. The van der Waals surface area contributed by atoms with Gasteiger partial charge in [0.1, 0.15) is 5.82 Å². The molecule has 1 fully saturated rings. The number of rotatable bonds is 5. The van der Waals surface area contributed by atoms with Crippen LogP contribution < -0.4 is 5.32 Å². The Morgan fingerprint density at radius 2 is 2.10 bits per heavy atom. The van der Waals surface area contributed by atoms with Crippen LogP contribution >= 0.6 is 0 Å². The molecule has 20 heavy (non-hydrogen) atoms. The summed E-state index contributed by atoms with van der Waals surface area (Å²) in [7, 11) is 0. The number of hydrogen-bond acceptors (Lipinski definition) is 2. The molecular weight excluding hydrogens is 251 g/mol. The van der Waals surface area contributed by atoms with Crippen LogP contribution in [0, 0.1) is 11.7 Å². The quantitative estimate of drug-likeness (QED) is 0.888. The van der Waals surface area contributed by atoms with Crippen LogP contribution in [0.25, 0.3) is 0 Å². The molecule has 1 aliphatic rings. The average molecular weight is 278 g/mol. The van der Waals surface area contributed by atoms with Crippen LogP contribution in [0.3, 0.4) is 0 Å². The zero-order valence-electron chi connectivity index (χ0n) is 12.9. The van der Waals surface area contributed by atoms with Gasteiger partial charge in [0, 0.05) is 37.3 Å². The number of halogens is 1. The van der Waals surface area contributed by atoms with E-state index >= 15 is 0 Å². The van der Waals surface area contributed by atoms with Gasteiger partial charge in [-0.3, -0.25) is 4.90 Å². The van der Waals surface area contributed by atoms with Gasteiger partial charge < -0.3 is 5.32 Å². The van der Waals surface area contributed by atoms with Gasteiger partial charge in [-0.2, -0.15) is 0 Å². The van der Waals surface area contributed by atoms with E-state index in [0.29, 0.717) is 18.0 Å². The first kappa shape index (κ1) is 15.5. The second kappa shape index (κ2) is 7.19. The molecule has 0 saturated carbocycles. The highest BCUT2D eigenvalue weighted by Crippen LogP contribution is 2.22. The van der Waals surface area contributed by atoms with Gasteiger partial charge in [-0.05, 0) is 18.4 Å². The van der Waals surface area contributed by atoms with Gasteiger partial charge in [0.15, 0.2) is 0 Å². The summed E-state index contributed by atoms with van der Waals surface area (Å²) in [5.41, 5.74) is 0.817. The van der Waals surface area contributed by atoms with Crippen molar-refractivity contribution in [3.63, 3.8) is 0 Å². The molecule has 2 rings (SSSR count). The summed E-state index contributed by atoms with van der Waals surface area (Å²) in [5, 5.41) is 3.63. The van der Waals surface area contributed by atoms with Crippen molar-refractivity contribution in [3.05, 3.63) is 35.6 Å². The van der Waals surface area contributed by atoms with Crippen molar-refractivity contribution in [1.29, 1.82) is 0 Å². The first-order valence-electron chi connectivity index (χ1n) is 7.86. The number of nitrogens with zero attached hydrogens (tertiary/aromatic N) is 1. The van der Waals surface area contributed by atoms with Crippen LogP contribution in [-0.4, -0.2) is 30.1 Å². The molecule has 3 atom stereocenters. The monoisotopic (exact) mass is 278 g/mol. The minimum absolute atomic E-state index is 0.0815. The van der Waals surface area contributed by atoms with Crippen molar-refractivity contribution in [2.45, 2.75) is 52.2 Å². The van der Waals surface area contributed by atoms with Gasteiger partial charge in [-0.15, -0.1) is 0 Å². The Hall–Kier alpha value is -0.930. The van der Waals surface area contributed by atoms with Gasteiger partial charge in [0.25, 0.3) is 0 Å². The zero-order valence-corrected chi connectivity index (χ0v) is 12.9. The number of hydrogen-bond donors (Lipinski definition) is 1. The maximum Gasteiger partial charge on any atom is 0.127 e. The average Bonchev–Trinajstić information content (AvgIpc) is 2.48. The molecule has 3 unspecified atom stereocenters. The van der Waals surface area contributed by atoms with E-state index in [9.17, 15) is 4.39 Å². The second-order valence-electron chi connectivity index (χ2n) is 5.99. The van der Waals surface area contributed by atoms with E-state index in [4.69, 9.17) is 0 Å². The molecule has 112 valence electrons. The van der Waals surface area contributed by atoms with E-state index in [1.54, 1.807) is 12.1 Å². The molecule has 0 aromatic heterocycles. The molecule has 0 spiro atoms. The summed E-state index contributed by atoms with van der Waals surface area (Å²) < 4.78 is 13.9. The molecule has 1 heterocycles. The summed E-state index contributed by atoms with van der Waals surface area (Å²) in [5.74, 6) is 0.550. The summed E-state index contributed by atoms with van der Waals surface area (Å²) in [6.45, 7) is 9.50. The van der Waals surface area contributed by atoms with Crippen molar-refractivity contribution in [3.8, 4) is 0 Å². The van der Waals surface area contributed by atoms with Crippen LogP contribution in [0.15, 0.2) is 24.3 Å². The Bertz CT molecular complexity index is 421. The van der Waals surface area contributed by atoms with Crippen LogP contribution in [0.5, 0.6) is 0 Å². The molecule has 1 aromatic rings. The fraction of sp³-hybridized carbons (Fsp3) is 0.647. The Labute approximate surface area is 122 Å². The Kier molecular flexibility index (Phi) is 5.55. The Balaban J connectivity index is 2.12. The summed E-state index contributed by atoms with van der Waals surface area (Å²) >= 11 is 0.